The lowest BCUT2D eigenvalue weighted by molar-refractivity contribution is -0.117. The Hall–Kier alpha value is -2.93. The Kier molecular flexibility index (Phi) is 7.19. The van der Waals surface area contributed by atoms with Gasteiger partial charge in [-0.2, -0.15) is 0 Å². The SMILES string of the molecule is O=C(NCCO)/C(=C/c1ccc(-c2ccccc2Cl)s1)NC(=O)c1ccccc1. The second kappa shape index (κ2) is 10.0. The number of nitrogens with one attached hydrogen (secondary N) is 2. The van der Waals surface area contributed by atoms with Crippen LogP contribution in [0.2, 0.25) is 5.02 Å². The molecule has 1 heterocycles. The zero-order chi connectivity index (χ0) is 20.6. The second-order valence-corrected chi connectivity index (χ2v) is 7.56. The number of amides is 2. The predicted molar refractivity (Wildman–Crippen MR) is 117 cm³/mol. The van der Waals surface area contributed by atoms with Gasteiger partial charge >= 0.3 is 0 Å². The number of halogens is 1. The largest absolute Gasteiger partial charge is 0.395 e. The Balaban J connectivity index is 1.87. The van der Waals surface area contributed by atoms with Gasteiger partial charge in [0.1, 0.15) is 5.70 Å². The molecule has 3 N–H and O–H groups in total. The predicted octanol–water partition coefficient (Wildman–Crippen LogP) is 3.95. The van der Waals surface area contributed by atoms with E-state index in [1.807, 2.05) is 42.5 Å². The number of rotatable bonds is 7. The lowest BCUT2D eigenvalue weighted by Crippen LogP contribution is -2.36. The van der Waals surface area contributed by atoms with Crippen molar-refractivity contribution in [3.8, 4) is 10.4 Å². The zero-order valence-corrected chi connectivity index (χ0v) is 17.0. The first-order valence-corrected chi connectivity index (χ1v) is 10.1. The molecular formula is C22H19ClN2O3S. The highest BCUT2D eigenvalue weighted by molar-refractivity contribution is 7.16. The van der Waals surface area contributed by atoms with Gasteiger partial charge in [0.2, 0.25) is 0 Å². The topological polar surface area (TPSA) is 78.4 Å². The van der Waals surface area contributed by atoms with E-state index in [0.29, 0.717) is 10.6 Å². The van der Waals surface area contributed by atoms with Gasteiger partial charge < -0.3 is 15.7 Å². The van der Waals surface area contributed by atoms with Gasteiger partial charge in [-0.1, -0.05) is 48.0 Å². The lowest BCUT2D eigenvalue weighted by atomic mass is 10.2. The minimum absolute atomic E-state index is 0.0900. The van der Waals surface area contributed by atoms with Crippen LogP contribution < -0.4 is 10.6 Å². The Morgan fingerprint density at radius 2 is 1.72 bits per heavy atom. The third kappa shape index (κ3) is 5.54. The van der Waals surface area contributed by atoms with Crippen LogP contribution in [0.3, 0.4) is 0 Å². The van der Waals surface area contributed by atoms with Crippen LogP contribution in [0.4, 0.5) is 0 Å². The molecule has 0 saturated heterocycles. The van der Waals surface area contributed by atoms with Crippen molar-refractivity contribution < 1.29 is 14.7 Å². The van der Waals surface area contributed by atoms with Gasteiger partial charge in [-0.3, -0.25) is 9.59 Å². The molecule has 0 aliphatic heterocycles. The van der Waals surface area contributed by atoms with Crippen LogP contribution in [0.1, 0.15) is 15.2 Å². The summed E-state index contributed by atoms with van der Waals surface area (Å²) >= 11 is 7.72. The highest BCUT2D eigenvalue weighted by atomic mass is 35.5. The van der Waals surface area contributed by atoms with Crippen molar-refractivity contribution in [3.05, 3.63) is 87.9 Å². The molecule has 29 heavy (non-hydrogen) atoms. The third-order valence-electron chi connectivity index (χ3n) is 3.98. The molecule has 0 fully saturated rings. The standard InChI is InChI=1S/C22H19ClN2O3S/c23-18-9-5-4-8-17(18)20-11-10-16(29-20)14-19(22(28)24-12-13-26)25-21(27)15-6-2-1-3-7-15/h1-11,14,26H,12-13H2,(H,24,28)(H,25,27)/b19-14-. The van der Waals surface area contributed by atoms with E-state index in [2.05, 4.69) is 10.6 Å². The first-order valence-electron chi connectivity index (χ1n) is 8.90. The van der Waals surface area contributed by atoms with Crippen LogP contribution in [0, 0.1) is 0 Å². The fraction of sp³-hybridized carbons (Fsp3) is 0.0909. The molecule has 0 aliphatic rings. The van der Waals surface area contributed by atoms with Crippen molar-refractivity contribution in [3.63, 3.8) is 0 Å². The molecule has 0 radical (unpaired) electrons. The highest BCUT2D eigenvalue weighted by Crippen LogP contribution is 2.33. The summed E-state index contributed by atoms with van der Waals surface area (Å²) < 4.78 is 0. The quantitative estimate of drug-likeness (QED) is 0.500. The van der Waals surface area contributed by atoms with E-state index < -0.39 is 5.91 Å². The Bertz CT molecular complexity index is 1030. The summed E-state index contributed by atoms with van der Waals surface area (Å²) in [5.74, 6) is -0.866. The fourth-order valence-electron chi connectivity index (χ4n) is 2.59. The fourth-order valence-corrected chi connectivity index (χ4v) is 3.87. The van der Waals surface area contributed by atoms with Crippen molar-refractivity contribution in [1.29, 1.82) is 0 Å². The summed E-state index contributed by atoms with van der Waals surface area (Å²) in [5, 5.41) is 14.8. The van der Waals surface area contributed by atoms with Gasteiger partial charge in [0.15, 0.2) is 0 Å². The van der Waals surface area contributed by atoms with Crippen LogP contribution in [-0.4, -0.2) is 30.1 Å². The number of hydrogen-bond acceptors (Lipinski definition) is 4. The lowest BCUT2D eigenvalue weighted by Gasteiger charge is -2.10. The van der Waals surface area contributed by atoms with Crippen LogP contribution in [0.5, 0.6) is 0 Å². The van der Waals surface area contributed by atoms with Crippen molar-refractivity contribution in [1.82, 2.24) is 10.6 Å². The molecule has 3 aromatic rings. The number of carbonyl (C=O) groups is 2. The highest BCUT2D eigenvalue weighted by Gasteiger charge is 2.15. The zero-order valence-electron chi connectivity index (χ0n) is 15.4. The Morgan fingerprint density at radius 3 is 2.45 bits per heavy atom. The molecule has 0 aliphatic carbocycles. The average molecular weight is 427 g/mol. The van der Waals surface area contributed by atoms with E-state index in [-0.39, 0.29) is 24.8 Å². The third-order valence-corrected chi connectivity index (χ3v) is 5.37. The normalized spacial score (nSPS) is 11.2. The number of benzene rings is 2. The summed E-state index contributed by atoms with van der Waals surface area (Å²) in [6.45, 7) is -0.103. The molecule has 7 heteroatoms. The molecule has 0 saturated carbocycles. The van der Waals surface area contributed by atoms with Gasteiger partial charge in [-0.05, 0) is 36.4 Å². The van der Waals surface area contributed by atoms with Crippen LogP contribution in [-0.2, 0) is 4.79 Å². The molecule has 0 unspecified atom stereocenters. The van der Waals surface area contributed by atoms with E-state index in [1.54, 1.807) is 30.3 Å². The van der Waals surface area contributed by atoms with Crippen molar-refractivity contribution in [2.75, 3.05) is 13.2 Å². The summed E-state index contributed by atoms with van der Waals surface area (Å²) in [5.41, 5.74) is 1.44. The molecule has 3 rings (SSSR count). The van der Waals surface area contributed by atoms with Gasteiger partial charge in [0.05, 0.1) is 6.61 Å². The van der Waals surface area contributed by atoms with Gasteiger partial charge in [-0.15, -0.1) is 11.3 Å². The Labute approximate surface area is 177 Å². The monoisotopic (exact) mass is 426 g/mol. The molecule has 2 aromatic carbocycles. The molecule has 0 spiro atoms. The summed E-state index contributed by atoms with van der Waals surface area (Å²) in [4.78, 5) is 26.7. The van der Waals surface area contributed by atoms with Crippen LogP contribution >= 0.6 is 22.9 Å². The number of aliphatic hydroxyl groups is 1. The molecule has 1 aromatic heterocycles. The average Bonchev–Trinajstić information content (AvgIpc) is 3.20. The van der Waals surface area contributed by atoms with E-state index >= 15 is 0 Å². The van der Waals surface area contributed by atoms with Gasteiger partial charge in [0, 0.05) is 32.4 Å². The van der Waals surface area contributed by atoms with Gasteiger partial charge in [0.25, 0.3) is 11.8 Å². The Morgan fingerprint density at radius 1 is 1.00 bits per heavy atom. The van der Waals surface area contributed by atoms with Crippen LogP contribution in [0.25, 0.3) is 16.5 Å². The number of thiophene rings is 1. The number of aliphatic hydroxyl groups excluding tert-OH is 1. The maximum Gasteiger partial charge on any atom is 0.267 e. The maximum atomic E-state index is 12.5. The smallest absolute Gasteiger partial charge is 0.267 e. The van der Waals surface area contributed by atoms with E-state index in [0.717, 1.165) is 15.3 Å². The molecule has 5 nitrogen and oxygen atoms in total. The van der Waals surface area contributed by atoms with E-state index in [9.17, 15) is 9.59 Å². The van der Waals surface area contributed by atoms with E-state index in [4.69, 9.17) is 16.7 Å². The van der Waals surface area contributed by atoms with Crippen LogP contribution in [0.15, 0.2) is 72.4 Å². The number of carbonyl (C=O) groups excluding carboxylic acids is 2. The first kappa shape index (κ1) is 20.8. The minimum Gasteiger partial charge on any atom is -0.395 e. The molecular weight excluding hydrogens is 408 g/mol. The molecule has 148 valence electrons. The van der Waals surface area contributed by atoms with Gasteiger partial charge in [-0.25, -0.2) is 0 Å². The molecule has 0 bridgehead atoms. The second-order valence-electron chi connectivity index (χ2n) is 6.04. The summed E-state index contributed by atoms with van der Waals surface area (Å²) in [6, 6.07) is 19.9. The maximum absolute atomic E-state index is 12.5. The van der Waals surface area contributed by atoms with Crippen molar-refractivity contribution >= 4 is 40.8 Å². The van der Waals surface area contributed by atoms with Crippen molar-refractivity contribution in [2.45, 2.75) is 0 Å². The first-order chi connectivity index (χ1) is 14.1. The molecule has 0 atom stereocenters. The van der Waals surface area contributed by atoms with E-state index in [1.165, 1.54) is 11.3 Å². The molecule has 2 amide bonds. The summed E-state index contributed by atoms with van der Waals surface area (Å²) in [6.07, 6.45) is 1.61. The van der Waals surface area contributed by atoms with Crippen molar-refractivity contribution in [2.24, 2.45) is 0 Å². The minimum atomic E-state index is -0.476. The number of hydrogen-bond donors (Lipinski definition) is 3. The summed E-state index contributed by atoms with van der Waals surface area (Å²) in [7, 11) is 0.